The third-order valence-corrected chi connectivity index (χ3v) is 4.72. The van der Waals surface area contributed by atoms with Crippen LogP contribution in [0.4, 0.5) is 0 Å². The Kier molecular flexibility index (Phi) is 6.94. The van der Waals surface area contributed by atoms with Crippen molar-refractivity contribution in [2.45, 2.75) is 45.3 Å². The highest BCUT2D eigenvalue weighted by molar-refractivity contribution is 5.92. The van der Waals surface area contributed by atoms with Crippen LogP contribution < -0.4 is 0 Å². The number of carbonyl (C=O) groups excluding carboxylic acids is 2. The Morgan fingerprint density at radius 1 is 1.46 bits per heavy atom. The van der Waals surface area contributed by atoms with Gasteiger partial charge in [0.2, 0.25) is 0 Å². The van der Waals surface area contributed by atoms with Crippen molar-refractivity contribution in [2.24, 2.45) is 5.92 Å². The fourth-order valence-corrected chi connectivity index (χ4v) is 3.23. The lowest BCUT2D eigenvalue weighted by Gasteiger charge is -2.27. The molecule has 1 aliphatic heterocycles. The molecule has 2 rings (SSSR count). The molecular weight excluding hydrogens is 336 g/mol. The van der Waals surface area contributed by atoms with Crippen molar-refractivity contribution in [3.8, 4) is 0 Å². The van der Waals surface area contributed by atoms with Gasteiger partial charge in [0.15, 0.2) is 0 Å². The summed E-state index contributed by atoms with van der Waals surface area (Å²) < 4.78 is 11.1. The Morgan fingerprint density at radius 2 is 2.19 bits per heavy atom. The standard InChI is InChI=1S/C20H26O6/c1-12-5-4-6-15(11-22)10-17-18(14(3)20(24)26-17)16(9-12)25-19(23)13(2)7-8-21/h5,7,10,16-18,21-22H,3-4,6,8-9,11H2,1-2H3/b12-5-,13-7+,15-10+/t16-,17-,18-/m1/s1. The van der Waals surface area contributed by atoms with Crippen molar-refractivity contribution in [3.05, 3.63) is 47.1 Å². The van der Waals surface area contributed by atoms with E-state index in [1.807, 2.05) is 13.0 Å². The first-order valence-corrected chi connectivity index (χ1v) is 8.71. The molecule has 0 spiro atoms. The van der Waals surface area contributed by atoms with Gasteiger partial charge in [-0.2, -0.15) is 0 Å². The van der Waals surface area contributed by atoms with Crippen LogP contribution in [0.2, 0.25) is 0 Å². The molecule has 0 unspecified atom stereocenters. The Balaban J connectivity index is 2.38. The molecule has 0 aromatic carbocycles. The molecule has 142 valence electrons. The Morgan fingerprint density at radius 3 is 2.85 bits per heavy atom. The lowest BCUT2D eigenvalue weighted by atomic mass is 9.85. The molecule has 0 saturated carbocycles. The van der Waals surface area contributed by atoms with E-state index in [0.29, 0.717) is 18.4 Å². The maximum absolute atomic E-state index is 12.3. The third kappa shape index (κ3) is 4.71. The number of aliphatic hydroxyl groups excluding tert-OH is 2. The number of esters is 2. The van der Waals surface area contributed by atoms with E-state index in [9.17, 15) is 14.7 Å². The number of rotatable bonds is 4. The smallest absolute Gasteiger partial charge is 0.334 e. The Hall–Kier alpha value is -2.18. The van der Waals surface area contributed by atoms with E-state index in [2.05, 4.69) is 6.58 Å². The lowest BCUT2D eigenvalue weighted by molar-refractivity contribution is -0.147. The molecule has 1 aliphatic carbocycles. The first kappa shape index (κ1) is 20.1. The first-order chi connectivity index (χ1) is 12.4. The molecule has 1 fully saturated rings. The van der Waals surface area contributed by atoms with Gasteiger partial charge in [0.05, 0.1) is 19.1 Å². The highest BCUT2D eigenvalue weighted by atomic mass is 16.6. The average Bonchev–Trinajstić information content (AvgIpc) is 2.87. The number of allylic oxidation sites excluding steroid dienone is 1. The Labute approximate surface area is 153 Å². The number of carbonyl (C=O) groups is 2. The van der Waals surface area contributed by atoms with Crippen molar-refractivity contribution in [2.75, 3.05) is 13.2 Å². The average molecular weight is 362 g/mol. The molecule has 1 saturated heterocycles. The fraction of sp³-hybridized carbons (Fsp3) is 0.500. The van der Waals surface area contributed by atoms with Crippen LogP contribution in [0.5, 0.6) is 0 Å². The van der Waals surface area contributed by atoms with Gasteiger partial charge in [-0.15, -0.1) is 0 Å². The summed E-state index contributed by atoms with van der Waals surface area (Å²) in [5, 5.41) is 18.5. The molecule has 0 aromatic rings. The second kappa shape index (κ2) is 8.96. The molecule has 0 amide bonds. The zero-order chi connectivity index (χ0) is 19.3. The summed E-state index contributed by atoms with van der Waals surface area (Å²) in [7, 11) is 0. The van der Waals surface area contributed by atoms with Crippen molar-refractivity contribution in [3.63, 3.8) is 0 Å². The lowest BCUT2D eigenvalue weighted by Crippen LogP contribution is -2.33. The highest BCUT2D eigenvalue weighted by Gasteiger charge is 2.44. The monoisotopic (exact) mass is 362 g/mol. The Bertz CT molecular complexity index is 670. The SMILES string of the molecule is C=C1C(=O)O[C@@H]2/C=C(/CO)CC/C=C(/C)C[C@@H](OC(=O)/C(C)=C/CO)[C@@H]12. The molecule has 2 aliphatic rings. The van der Waals surface area contributed by atoms with Crippen LogP contribution in [0.15, 0.2) is 47.1 Å². The van der Waals surface area contributed by atoms with Gasteiger partial charge in [0, 0.05) is 17.6 Å². The van der Waals surface area contributed by atoms with Crippen LogP contribution in [0, 0.1) is 5.92 Å². The molecule has 3 atom stereocenters. The summed E-state index contributed by atoms with van der Waals surface area (Å²) in [6.07, 6.45) is 5.78. The normalized spacial score (nSPS) is 31.2. The van der Waals surface area contributed by atoms with Crippen LogP contribution in [0.1, 0.15) is 33.1 Å². The van der Waals surface area contributed by atoms with Gasteiger partial charge < -0.3 is 19.7 Å². The van der Waals surface area contributed by atoms with Crippen LogP contribution in [-0.2, 0) is 19.1 Å². The summed E-state index contributed by atoms with van der Waals surface area (Å²) in [5.41, 5.74) is 2.36. The number of hydrogen-bond acceptors (Lipinski definition) is 6. The summed E-state index contributed by atoms with van der Waals surface area (Å²) in [6, 6.07) is 0. The van der Waals surface area contributed by atoms with Crippen molar-refractivity contribution in [1.29, 1.82) is 0 Å². The van der Waals surface area contributed by atoms with Crippen molar-refractivity contribution in [1.82, 2.24) is 0 Å². The largest absolute Gasteiger partial charge is 0.458 e. The second-order valence-electron chi connectivity index (χ2n) is 6.71. The minimum absolute atomic E-state index is 0.122. The predicted octanol–water partition coefficient (Wildman–Crippen LogP) is 1.98. The van der Waals surface area contributed by atoms with E-state index < -0.39 is 30.1 Å². The summed E-state index contributed by atoms with van der Waals surface area (Å²) in [4.78, 5) is 24.4. The number of fused-ring (bicyclic) bond motifs is 1. The van der Waals surface area contributed by atoms with Crippen molar-refractivity contribution < 1.29 is 29.3 Å². The first-order valence-electron chi connectivity index (χ1n) is 8.71. The van der Waals surface area contributed by atoms with Crippen LogP contribution in [0.25, 0.3) is 0 Å². The quantitative estimate of drug-likeness (QED) is 0.451. The number of ether oxygens (including phenoxy) is 2. The molecule has 6 nitrogen and oxygen atoms in total. The highest BCUT2D eigenvalue weighted by Crippen LogP contribution is 2.36. The van der Waals surface area contributed by atoms with Gasteiger partial charge in [0.1, 0.15) is 12.2 Å². The third-order valence-electron chi connectivity index (χ3n) is 4.72. The van der Waals surface area contributed by atoms with E-state index in [0.717, 1.165) is 17.6 Å². The molecule has 2 N–H and O–H groups in total. The molecule has 1 heterocycles. The van der Waals surface area contributed by atoms with E-state index >= 15 is 0 Å². The second-order valence-corrected chi connectivity index (χ2v) is 6.71. The predicted molar refractivity (Wildman–Crippen MR) is 96.0 cm³/mol. The minimum atomic E-state index is -0.626. The number of hydrogen-bond donors (Lipinski definition) is 2. The summed E-state index contributed by atoms with van der Waals surface area (Å²) in [6.45, 7) is 6.95. The van der Waals surface area contributed by atoms with Crippen LogP contribution in [-0.4, -0.2) is 47.6 Å². The molecule has 0 radical (unpaired) electrons. The van der Waals surface area contributed by atoms with E-state index in [1.165, 1.54) is 6.08 Å². The maximum Gasteiger partial charge on any atom is 0.334 e. The molecule has 6 heteroatoms. The maximum atomic E-state index is 12.3. The summed E-state index contributed by atoms with van der Waals surface area (Å²) in [5.74, 6) is -1.58. The van der Waals surface area contributed by atoms with Gasteiger partial charge in [0.25, 0.3) is 0 Å². The van der Waals surface area contributed by atoms with E-state index in [-0.39, 0.29) is 18.8 Å². The van der Waals surface area contributed by atoms with E-state index in [4.69, 9.17) is 14.6 Å². The number of aliphatic hydroxyl groups is 2. The van der Waals surface area contributed by atoms with Crippen molar-refractivity contribution >= 4 is 11.9 Å². The van der Waals surface area contributed by atoms with Crippen LogP contribution >= 0.6 is 0 Å². The molecule has 0 bridgehead atoms. The van der Waals surface area contributed by atoms with Gasteiger partial charge in [-0.1, -0.05) is 18.2 Å². The van der Waals surface area contributed by atoms with E-state index in [1.54, 1.807) is 13.0 Å². The topological polar surface area (TPSA) is 93.1 Å². The molecule has 0 aromatic heterocycles. The van der Waals surface area contributed by atoms with Gasteiger partial charge in [-0.3, -0.25) is 0 Å². The van der Waals surface area contributed by atoms with Crippen LogP contribution in [0.3, 0.4) is 0 Å². The van der Waals surface area contributed by atoms with Gasteiger partial charge >= 0.3 is 11.9 Å². The van der Waals surface area contributed by atoms with Gasteiger partial charge in [-0.25, -0.2) is 9.59 Å². The minimum Gasteiger partial charge on any atom is -0.458 e. The summed E-state index contributed by atoms with van der Waals surface area (Å²) >= 11 is 0. The zero-order valence-electron chi connectivity index (χ0n) is 15.2. The molecular formula is C20H26O6. The zero-order valence-corrected chi connectivity index (χ0v) is 15.2. The fourth-order valence-electron chi connectivity index (χ4n) is 3.23. The molecule has 26 heavy (non-hydrogen) atoms. The van der Waals surface area contributed by atoms with Gasteiger partial charge in [-0.05, 0) is 44.4 Å².